The van der Waals surface area contributed by atoms with Gasteiger partial charge in [-0.25, -0.2) is 9.07 Å². The van der Waals surface area contributed by atoms with Crippen LogP contribution >= 0.6 is 23.4 Å². The van der Waals surface area contributed by atoms with Crippen LogP contribution in [0.4, 0.5) is 4.39 Å². The predicted molar refractivity (Wildman–Crippen MR) is 100 cm³/mol. The quantitative estimate of drug-likeness (QED) is 0.490. The summed E-state index contributed by atoms with van der Waals surface area (Å²) in [6.07, 6.45) is 2.33. The van der Waals surface area contributed by atoms with Crippen LogP contribution in [-0.4, -0.2) is 33.2 Å². The summed E-state index contributed by atoms with van der Waals surface area (Å²) in [5.41, 5.74) is 0.896. The second kappa shape index (κ2) is 8.82. The average molecular weight is 391 g/mol. The maximum absolute atomic E-state index is 12.8. The van der Waals surface area contributed by atoms with Gasteiger partial charge in [-0.3, -0.25) is 4.79 Å². The van der Waals surface area contributed by atoms with Crippen molar-refractivity contribution in [3.63, 3.8) is 0 Å². The minimum Gasteiger partial charge on any atom is -0.351 e. The Labute approximate surface area is 159 Å². The van der Waals surface area contributed by atoms with Crippen molar-refractivity contribution in [1.82, 2.24) is 20.3 Å². The molecule has 1 aromatic heterocycles. The van der Waals surface area contributed by atoms with E-state index >= 15 is 0 Å². The van der Waals surface area contributed by atoms with Crippen molar-refractivity contribution in [3.8, 4) is 5.69 Å². The molecule has 5 nitrogen and oxygen atoms in total. The molecular weight excluding hydrogens is 375 g/mol. The first-order chi connectivity index (χ1) is 12.6. The highest BCUT2D eigenvalue weighted by Gasteiger charge is 2.12. The smallest absolute Gasteiger partial charge is 0.273 e. The number of rotatable bonds is 7. The van der Waals surface area contributed by atoms with Gasteiger partial charge in [0.05, 0.1) is 16.9 Å². The van der Waals surface area contributed by atoms with E-state index in [2.05, 4.69) is 15.6 Å². The van der Waals surface area contributed by atoms with E-state index in [9.17, 15) is 9.18 Å². The van der Waals surface area contributed by atoms with Crippen LogP contribution in [-0.2, 0) is 0 Å². The Morgan fingerprint density at radius 2 is 1.96 bits per heavy atom. The molecule has 1 heterocycles. The average Bonchev–Trinajstić information content (AvgIpc) is 3.13. The van der Waals surface area contributed by atoms with Crippen LogP contribution in [0.3, 0.4) is 0 Å². The lowest BCUT2D eigenvalue weighted by atomic mass is 10.3. The molecule has 0 radical (unpaired) electrons. The second-order valence-electron chi connectivity index (χ2n) is 5.41. The van der Waals surface area contributed by atoms with Crippen molar-refractivity contribution < 1.29 is 9.18 Å². The Hall–Kier alpha value is -2.38. The molecule has 0 aliphatic rings. The van der Waals surface area contributed by atoms with Gasteiger partial charge < -0.3 is 5.32 Å². The predicted octanol–water partition coefficient (Wildman–Crippen LogP) is 3.97. The van der Waals surface area contributed by atoms with Gasteiger partial charge in [0.2, 0.25) is 0 Å². The van der Waals surface area contributed by atoms with Crippen molar-refractivity contribution in [2.45, 2.75) is 11.3 Å². The number of nitrogens with one attached hydrogen (secondary N) is 1. The molecule has 2 aromatic carbocycles. The fourth-order valence-electron chi connectivity index (χ4n) is 2.21. The summed E-state index contributed by atoms with van der Waals surface area (Å²) in [6, 6.07) is 13.6. The molecule has 8 heteroatoms. The van der Waals surface area contributed by atoms with Gasteiger partial charge in [0.1, 0.15) is 5.82 Å². The summed E-state index contributed by atoms with van der Waals surface area (Å²) in [5, 5.41) is 11.2. The topological polar surface area (TPSA) is 59.8 Å². The van der Waals surface area contributed by atoms with E-state index in [-0.39, 0.29) is 17.4 Å². The minimum absolute atomic E-state index is 0.233. The summed E-state index contributed by atoms with van der Waals surface area (Å²) >= 11 is 7.73. The van der Waals surface area contributed by atoms with E-state index in [1.165, 1.54) is 16.8 Å². The number of benzene rings is 2. The molecule has 1 N–H and O–H groups in total. The highest BCUT2D eigenvalue weighted by Crippen LogP contribution is 2.19. The lowest BCUT2D eigenvalue weighted by Crippen LogP contribution is -2.25. The zero-order valence-electron chi connectivity index (χ0n) is 13.7. The molecule has 26 heavy (non-hydrogen) atoms. The first kappa shape index (κ1) is 18.4. The van der Waals surface area contributed by atoms with Crippen LogP contribution in [0, 0.1) is 5.82 Å². The van der Waals surface area contributed by atoms with Crippen LogP contribution in [0.15, 0.2) is 59.6 Å². The van der Waals surface area contributed by atoms with Gasteiger partial charge in [-0.15, -0.1) is 16.9 Å². The minimum atomic E-state index is -0.282. The number of carbonyl (C=O) groups is 1. The highest BCUT2D eigenvalue weighted by atomic mass is 35.5. The number of hydrogen-bond donors (Lipinski definition) is 1. The lowest BCUT2D eigenvalue weighted by molar-refractivity contribution is 0.0948. The van der Waals surface area contributed by atoms with E-state index in [1.54, 1.807) is 42.2 Å². The number of carbonyl (C=O) groups excluding carboxylic acids is 1. The molecule has 1 amide bonds. The molecule has 0 bridgehead atoms. The van der Waals surface area contributed by atoms with Crippen LogP contribution in [0.5, 0.6) is 0 Å². The molecule has 0 atom stereocenters. The summed E-state index contributed by atoms with van der Waals surface area (Å²) in [4.78, 5) is 13.1. The summed E-state index contributed by atoms with van der Waals surface area (Å²) in [7, 11) is 0. The summed E-state index contributed by atoms with van der Waals surface area (Å²) in [6.45, 7) is 0.520. The summed E-state index contributed by atoms with van der Waals surface area (Å²) in [5.74, 6) is 0.291. The van der Waals surface area contributed by atoms with Gasteiger partial charge in [0.25, 0.3) is 5.91 Å². The molecule has 134 valence electrons. The molecule has 0 saturated heterocycles. The van der Waals surface area contributed by atoms with Gasteiger partial charge in [0.15, 0.2) is 5.69 Å². The first-order valence-electron chi connectivity index (χ1n) is 7.97. The standard InChI is InChI=1S/C18H16ClFN4OS/c19-15-4-1-2-5-17(15)24-12-16(22-23-24)18(25)21-10-3-11-26-14-8-6-13(20)7-9-14/h1-2,4-9,12H,3,10-11H2,(H,21,25). The Balaban J connectivity index is 1.45. The first-order valence-corrected chi connectivity index (χ1v) is 9.33. The monoisotopic (exact) mass is 390 g/mol. The third-order valence-corrected chi connectivity index (χ3v) is 4.93. The van der Waals surface area contributed by atoms with Gasteiger partial charge in [-0.05, 0) is 48.6 Å². The van der Waals surface area contributed by atoms with Crippen LogP contribution in [0.25, 0.3) is 5.69 Å². The van der Waals surface area contributed by atoms with Gasteiger partial charge in [0, 0.05) is 11.4 Å². The van der Waals surface area contributed by atoms with Crippen LogP contribution in [0.2, 0.25) is 5.02 Å². The molecule has 0 spiro atoms. The largest absolute Gasteiger partial charge is 0.351 e. The Bertz CT molecular complexity index is 885. The van der Waals surface area contributed by atoms with Gasteiger partial charge >= 0.3 is 0 Å². The van der Waals surface area contributed by atoms with E-state index in [0.29, 0.717) is 17.3 Å². The van der Waals surface area contributed by atoms with Crippen molar-refractivity contribution in [2.24, 2.45) is 0 Å². The number of aromatic nitrogens is 3. The maximum atomic E-state index is 12.8. The van der Waals surface area contributed by atoms with E-state index in [4.69, 9.17) is 11.6 Å². The zero-order chi connectivity index (χ0) is 18.4. The molecule has 0 aliphatic carbocycles. The fourth-order valence-corrected chi connectivity index (χ4v) is 3.28. The SMILES string of the molecule is O=C(NCCCSc1ccc(F)cc1)c1cn(-c2ccccc2Cl)nn1. The molecule has 3 rings (SSSR count). The van der Waals surface area contributed by atoms with Crippen molar-refractivity contribution >= 4 is 29.3 Å². The highest BCUT2D eigenvalue weighted by molar-refractivity contribution is 7.99. The molecule has 0 aliphatic heterocycles. The number of para-hydroxylation sites is 1. The molecule has 0 saturated carbocycles. The Morgan fingerprint density at radius 3 is 2.73 bits per heavy atom. The van der Waals surface area contributed by atoms with E-state index in [1.807, 2.05) is 12.1 Å². The second-order valence-corrected chi connectivity index (χ2v) is 6.99. The van der Waals surface area contributed by atoms with E-state index < -0.39 is 0 Å². The maximum Gasteiger partial charge on any atom is 0.273 e. The number of nitrogens with zero attached hydrogens (tertiary/aromatic N) is 3. The third-order valence-electron chi connectivity index (χ3n) is 3.51. The zero-order valence-corrected chi connectivity index (χ0v) is 15.3. The van der Waals surface area contributed by atoms with Crippen LogP contribution in [0.1, 0.15) is 16.9 Å². The normalized spacial score (nSPS) is 10.7. The van der Waals surface area contributed by atoms with Gasteiger partial charge in [-0.1, -0.05) is 28.9 Å². The number of hydrogen-bond acceptors (Lipinski definition) is 4. The van der Waals surface area contributed by atoms with Crippen molar-refractivity contribution in [1.29, 1.82) is 0 Å². The molecule has 0 unspecified atom stereocenters. The third kappa shape index (κ3) is 4.83. The lowest BCUT2D eigenvalue weighted by Gasteiger charge is -2.04. The number of thioether (sulfide) groups is 1. The molecular formula is C18H16ClFN4OS. The Morgan fingerprint density at radius 1 is 1.19 bits per heavy atom. The van der Waals surface area contributed by atoms with Crippen LogP contribution < -0.4 is 5.32 Å². The van der Waals surface area contributed by atoms with Crippen molar-refractivity contribution in [3.05, 3.63) is 71.3 Å². The fraction of sp³-hybridized carbons (Fsp3) is 0.167. The van der Waals surface area contributed by atoms with E-state index in [0.717, 1.165) is 17.1 Å². The Kier molecular flexibility index (Phi) is 6.25. The number of halogens is 2. The van der Waals surface area contributed by atoms with Gasteiger partial charge in [-0.2, -0.15) is 0 Å². The molecule has 0 fully saturated rings. The summed E-state index contributed by atoms with van der Waals surface area (Å²) < 4.78 is 14.3. The molecule has 3 aromatic rings. The van der Waals surface area contributed by atoms with Crippen molar-refractivity contribution in [2.75, 3.05) is 12.3 Å². The number of amides is 1.